The summed E-state index contributed by atoms with van der Waals surface area (Å²) >= 11 is 0. The van der Waals surface area contributed by atoms with Gasteiger partial charge in [-0.15, -0.1) is 0 Å². The molecule has 0 saturated heterocycles. The van der Waals surface area contributed by atoms with Gasteiger partial charge in [0.1, 0.15) is 5.75 Å². The molecular weight excluding hydrogens is 324 g/mol. The number of halogens is 2. The molecule has 7 heteroatoms. The first kappa shape index (κ1) is 16.9. The van der Waals surface area contributed by atoms with Crippen molar-refractivity contribution in [3.05, 3.63) is 65.2 Å². The minimum absolute atomic E-state index is 0.0841. The molecule has 2 aromatic rings. The highest BCUT2D eigenvalue weighted by molar-refractivity contribution is 7.89. The Morgan fingerprint density at radius 2 is 1.65 bits per heavy atom. The van der Waals surface area contributed by atoms with Crippen LogP contribution in [-0.4, -0.2) is 15.0 Å². The van der Waals surface area contributed by atoms with Crippen LogP contribution in [0.4, 0.5) is 8.78 Å². The number of nitrogens with zero attached hydrogens (tertiary/aromatic N) is 1. The van der Waals surface area contributed by atoms with E-state index in [1.165, 1.54) is 30.3 Å². The van der Waals surface area contributed by atoms with E-state index in [-0.39, 0.29) is 17.3 Å². The first-order chi connectivity index (χ1) is 10.9. The minimum atomic E-state index is -3.51. The van der Waals surface area contributed by atoms with Crippen molar-refractivity contribution in [2.75, 3.05) is 0 Å². The van der Waals surface area contributed by atoms with Crippen molar-refractivity contribution in [3.63, 3.8) is 0 Å². The van der Waals surface area contributed by atoms with Gasteiger partial charge in [0, 0.05) is 0 Å². The normalized spacial score (nSPS) is 11.2. The van der Waals surface area contributed by atoms with Crippen LogP contribution in [0.15, 0.2) is 48.5 Å². The summed E-state index contributed by atoms with van der Waals surface area (Å²) in [5, 5.41) is 8.82. The van der Waals surface area contributed by atoms with Crippen molar-refractivity contribution in [1.29, 1.82) is 5.26 Å². The molecule has 0 aliphatic rings. The number of nitriles is 1. The van der Waals surface area contributed by atoms with E-state index in [9.17, 15) is 17.2 Å². The summed E-state index contributed by atoms with van der Waals surface area (Å²) < 4.78 is 53.1. The molecule has 0 aromatic heterocycles. The second kappa shape index (κ2) is 7.20. The van der Waals surface area contributed by atoms with Gasteiger partial charge in [0.25, 0.3) is 0 Å². The van der Waals surface area contributed by atoms with Crippen molar-refractivity contribution in [2.45, 2.75) is 18.1 Å². The van der Waals surface area contributed by atoms with E-state index in [0.717, 1.165) is 0 Å². The highest BCUT2D eigenvalue weighted by Gasteiger charge is 2.14. The summed E-state index contributed by atoms with van der Waals surface area (Å²) in [6.07, 6.45) is 0. The molecule has 0 aliphatic heterocycles. The van der Waals surface area contributed by atoms with Gasteiger partial charge in [-0.3, -0.25) is 0 Å². The Morgan fingerprint density at radius 1 is 1.04 bits per heavy atom. The topological polar surface area (TPSA) is 67.2 Å². The van der Waals surface area contributed by atoms with Crippen molar-refractivity contribution < 1.29 is 21.9 Å². The van der Waals surface area contributed by atoms with Gasteiger partial charge in [-0.2, -0.15) is 14.0 Å². The molecule has 0 fully saturated rings. The predicted molar refractivity (Wildman–Crippen MR) is 80.6 cm³/mol. The Balaban J connectivity index is 2.13. The fourth-order valence-corrected chi connectivity index (χ4v) is 3.58. The number of sulfone groups is 1. The molecule has 0 spiro atoms. The molecule has 0 unspecified atom stereocenters. The number of ether oxygens (including phenoxy) is 1. The lowest BCUT2D eigenvalue weighted by Crippen LogP contribution is -2.08. The average molecular weight is 337 g/mol. The molecule has 120 valence electrons. The molecule has 0 radical (unpaired) electrons. The zero-order valence-corrected chi connectivity index (χ0v) is 12.8. The molecule has 2 aromatic carbocycles. The number of alkyl halides is 2. The van der Waals surface area contributed by atoms with Crippen molar-refractivity contribution in [3.8, 4) is 11.8 Å². The highest BCUT2D eigenvalue weighted by atomic mass is 32.2. The Hall–Kier alpha value is -2.46. The van der Waals surface area contributed by atoms with Gasteiger partial charge in [0.05, 0.1) is 23.1 Å². The smallest absolute Gasteiger partial charge is 0.387 e. The summed E-state index contributed by atoms with van der Waals surface area (Å²) in [4.78, 5) is 0. The van der Waals surface area contributed by atoms with E-state index in [4.69, 9.17) is 5.26 Å². The first-order valence-electron chi connectivity index (χ1n) is 6.61. The molecule has 0 heterocycles. The Labute approximate surface area is 132 Å². The molecule has 0 amide bonds. The van der Waals surface area contributed by atoms with Crippen LogP contribution in [-0.2, 0) is 21.3 Å². The molecule has 0 atom stereocenters. The van der Waals surface area contributed by atoms with Crippen LogP contribution in [0.3, 0.4) is 0 Å². The summed E-state index contributed by atoms with van der Waals surface area (Å²) in [5.41, 5.74) is 1.24. The van der Waals surface area contributed by atoms with Gasteiger partial charge in [0.15, 0.2) is 9.84 Å². The second-order valence-electron chi connectivity index (χ2n) is 4.87. The minimum Gasteiger partial charge on any atom is -0.435 e. The average Bonchev–Trinajstić information content (AvgIpc) is 2.46. The fraction of sp³-hybridized carbons (Fsp3) is 0.188. The first-order valence-corrected chi connectivity index (χ1v) is 8.43. The number of rotatable bonds is 6. The van der Waals surface area contributed by atoms with Crippen molar-refractivity contribution >= 4 is 9.84 Å². The zero-order chi connectivity index (χ0) is 16.9. The van der Waals surface area contributed by atoms with E-state index in [1.807, 2.05) is 6.07 Å². The van der Waals surface area contributed by atoms with Gasteiger partial charge in [-0.1, -0.05) is 24.3 Å². The summed E-state index contributed by atoms with van der Waals surface area (Å²) in [7, 11) is -3.51. The summed E-state index contributed by atoms with van der Waals surface area (Å²) in [5.74, 6) is -0.619. The van der Waals surface area contributed by atoms with Gasteiger partial charge < -0.3 is 4.74 Å². The van der Waals surface area contributed by atoms with E-state index in [2.05, 4.69) is 4.74 Å². The molecule has 0 N–H and O–H groups in total. The monoisotopic (exact) mass is 337 g/mol. The van der Waals surface area contributed by atoms with Crippen LogP contribution in [0.25, 0.3) is 0 Å². The molecule has 23 heavy (non-hydrogen) atoms. The number of hydrogen-bond acceptors (Lipinski definition) is 4. The van der Waals surface area contributed by atoms with E-state index >= 15 is 0 Å². The largest absolute Gasteiger partial charge is 0.435 e. The van der Waals surface area contributed by atoms with Gasteiger partial charge in [-0.25, -0.2) is 8.42 Å². The van der Waals surface area contributed by atoms with Crippen molar-refractivity contribution in [2.24, 2.45) is 0 Å². The Kier molecular flexibility index (Phi) is 5.29. The Bertz CT molecular complexity index is 829. The van der Waals surface area contributed by atoms with E-state index in [1.54, 1.807) is 18.2 Å². The SMILES string of the molecule is N#Cc1cccc(CS(=O)(=O)Cc2cccc(OC(F)F)c2)c1. The maximum Gasteiger partial charge on any atom is 0.387 e. The zero-order valence-electron chi connectivity index (χ0n) is 11.9. The van der Waals surface area contributed by atoms with Crippen LogP contribution in [0, 0.1) is 11.3 Å². The summed E-state index contributed by atoms with van der Waals surface area (Å²) in [6.45, 7) is -2.96. The van der Waals surface area contributed by atoms with Crippen LogP contribution in [0.1, 0.15) is 16.7 Å². The molecule has 0 bridgehead atoms. The lowest BCUT2D eigenvalue weighted by Gasteiger charge is -2.08. The molecule has 0 saturated carbocycles. The second-order valence-corrected chi connectivity index (χ2v) is 6.93. The third-order valence-corrected chi connectivity index (χ3v) is 4.50. The van der Waals surface area contributed by atoms with Gasteiger partial charge >= 0.3 is 6.61 Å². The molecule has 4 nitrogen and oxygen atoms in total. The lowest BCUT2D eigenvalue weighted by atomic mass is 10.2. The van der Waals surface area contributed by atoms with E-state index in [0.29, 0.717) is 16.7 Å². The maximum atomic E-state index is 12.2. The summed E-state index contributed by atoms with van der Waals surface area (Å²) in [6, 6.07) is 13.9. The third kappa shape index (κ3) is 5.34. The molecular formula is C16H13F2NO3S. The third-order valence-electron chi connectivity index (χ3n) is 2.95. The lowest BCUT2D eigenvalue weighted by molar-refractivity contribution is -0.0498. The standard InChI is InChI=1S/C16H13F2NO3S/c17-16(18)22-15-6-2-5-14(8-15)11-23(20,21)10-13-4-1-3-12(7-13)9-19/h1-8,16H,10-11H2. The number of benzene rings is 2. The predicted octanol–water partition coefficient (Wildman–Crippen LogP) is 3.27. The van der Waals surface area contributed by atoms with Crippen LogP contribution < -0.4 is 4.74 Å². The molecule has 0 aliphatic carbocycles. The molecule has 2 rings (SSSR count). The Morgan fingerprint density at radius 3 is 2.26 bits per heavy atom. The van der Waals surface area contributed by atoms with Crippen LogP contribution >= 0.6 is 0 Å². The van der Waals surface area contributed by atoms with E-state index < -0.39 is 16.4 Å². The maximum absolute atomic E-state index is 12.2. The highest BCUT2D eigenvalue weighted by Crippen LogP contribution is 2.19. The van der Waals surface area contributed by atoms with Crippen LogP contribution in [0.5, 0.6) is 5.75 Å². The van der Waals surface area contributed by atoms with Crippen LogP contribution in [0.2, 0.25) is 0 Å². The number of hydrogen-bond donors (Lipinski definition) is 0. The quantitative estimate of drug-likeness (QED) is 0.811. The van der Waals surface area contributed by atoms with Gasteiger partial charge in [0.2, 0.25) is 0 Å². The van der Waals surface area contributed by atoms with Crippen molar-refractivity contribution in [1.82, 2.24) is 0 Å². The fourth-order valence-electron chi connectivity index (χ4n) is 2.10. The van der Waals surface area contributed by atoms with Gasteiger partial charge in [-0.05, 0) is 35.4 Å².